The highest BCUT2D eigenvalue weighted by Crippen LogP contribution is 2.34. The first-order valence-corrected chi connectivity index (χ1v) is 7.69. The molecule has 0 aromatic carbocycles. The van der Waals surface area contributed by atoms with Crippen LogP contribution >= 0.6 is 11.3 Å². The second kappa shape index (κ2) is 6.30. The van der Waals surface area contributed by atoms with Gasteiger partial charge in [0.15, 0.2) is 11.4 Å². The van der Waals surface area contributed by atoms with E-state index in [1.807, 2.05) is 0 Å². The van der Waals surface area contributed by atoms with Crippen molar-refractivity contribution < 1.29 is 14.3 Å². The normalized spacial score (nSPS) is 25.5. The Bertz CT molecular complexity index is 477. The topological polar surface area (TPSA) is 81.2 Å². The Kier molecular flexibility index (Phi) is 4.69. The van der Waals surface area contributed by atoms with Gasteiger partial charge in [-0.2, -0.15) is 0 Å². The average Bonchev–Trinajstić information content (AvgIpc) is 3.02. The Balaban J connectivity index is 1.90. The van der Waals surface area contributed by atoms with Crippen molar-refractivity contribution in [3.8, 4) is 0 Å². The summed E-state index contributed by atoms with van der Waals surface area (Å²) in [6, 6.07) is 0. The predicted molar refractivity (Wildman–Crippen MR) is 75.5 cm³/mol. The molecule has 7 heteroatoms. The van der Waals surface area contributed by atoms with Gasteiger partial charge in [-0.1, -0.05) is 31.1 Å². The highest BCUT2D eigenvalue weighted by molar-refractivity contribution is 7.13. The van der Waals surface area contributed by atoms with Gasteiger partial charge in [-0.05, 0) is 13.3 Å². The first-order chi connectivity index (χ1) is 9.55. The molecule has 0 unspecified atom stereocenters. The fourth-order valence-electron chi connectivity index (χ4n) is 2.33. The Labute approximate surface area is 121 Å². The van der Waals surface area contributed by atoms with Crippen LogP contribution in [-0.4, -0.2) is 34.1 Å². The van der Waals surface area contributed by atoms with Crippen molar-refractivity contribution >= 4 is 28.2 Å². The highest BCUT2D eigenvalue weighted by atomic mass is 32.1. The van der Waals surface area contributed by atoms with Gasteiger partial charge in [-0.25, -0.2) is 0 Å². The molecule has 6 nitrogen and oxygen atoms in total. The second-order valence-corrected chi connectivity index (χ2v) is 6.05. The number of ether oxygens (including phenoxy) is 1. The molecule has 0 spiro atoms. The smallest absolute Gasteiger partial charge is 0.310 e. The minimum Gasteiger partial charge on any atom is -0.451 e. The molecule has 20 heavy (non-hydrogen) atoms. The summed E-state index contributed by atoms with van der Waals surface area (Å²) in [6.45, 7) is 3.87. The molecule has 110 valence electrons. The van der Waals surface area contributed by atoms with Gasteiger partial charge in [-0.15, -0.1) is 10.2 Å². The molecule has 2 rings (SSSR count). The van der Waals surface area contributed by atoms with E-state index in [9.17, 15) is 9.59 Å². The molecule has 2 heterocycles. The van der Waals surface area contributed by atoms with Crippen LogP contribution in [0.4, 0.5) is 5.13 Å². The maximum absolute atomic E-state index is 12.2. The number of cyclic esters (lactones) is 1. The van der Waals surface area contributed by atoms with Crippen molar-refractivity contribution in [2.24, 2.45) is 5.92 Å². The molecular formula is C13H19N3O3S. The molecule has 1 aromatic rings. The third kappa shape index (κ3) is 3.33. The zero-order chi connectivity index (χ0) is 14.6. The van der Waals surface area contributed by atoms with Crippen molar-refractivity contribution in [1.29, 1.82) is 0 Å². The molecule has 0 saturated carbocycles. The third-order valence-electron chi connectivity index (χ3n) is 3.55. The number of anilines is 1. The lowest BCUT2D eigenvalue weighted by Crippen LogP contribution is -2.39. The molecule has 1 aliphatic rings. The molecule has 1 aromatic heterocycles. The summed E-state index contributed by atoms with van der Waals surface area (Å²) in [5, 5.41) is 11.0. The summed E-state index contributed by atoms with van der Waals surface area (Å²) in [6.07, 6.45) is 3.28. The van der Waals surface area contributed by atoms with E-state index in [0.29, 0.717) is 11.6 Å². The van der Waals surface area contributed by atoms with E-state index in [4.69, 9.17) is 4.74 Å². The van der Waals surface area contributed by atoms with Crippen LogP contribution in [0.1, 0.15) is 39.5 Å². The zero-order valence-corrected chi connectivity index (χ0v) is 12.5. The fourth-order valence-corrected chi connectivity index (χ4v) is 2.78. The minimum atomic E-state index is -1.01. The lowest BCUT2D eigenvalue weighted by molar-refractivity contribution is -0.156. The fraction of sp³-hybridized carbons (Fsp3) is 0.692. The first-order valence-electron chi connectivity index (χ1n) is 6.81. The molecule has 2 atom stereocenters. The average molecular weight is 297 g/mol. The van der Waals surface area contributed by atoms with Crippen molar-refractivity contribution in [3.05, 3.63) is 5.51 Å². The van der Waals surface area contributed by atoms with E-state index < -0.39 is 5.60 Å². The molecule has 0 amide bonds. The number of hydrogen-bond donors (Lipinski definition) is 1. The summed E-state index contributed by atoms with van der Waals surface area (Å²) in [4.78, 5) is 24.1. The number of Topliss-reactive ketones (excluding diaryl/α,β-unsaturated/α-hetero) is 1. The van der Waals surface area contributed by atoms with Crippen molar-refractivity contribution in [2.75, 3.05) is 11.9 Å². The highest BCUT2D eigenvalue weighted by Gasteiger charge is 2.47. The number of rotatable bonds is 7. The van der Waals surface area contributed by atoms with E-state index in [0.717, 1.165) is 19.3 Å². The number of hydrogen-bond acceptors (Lipinski definition) is 7. The number of ketones is 1. The summed E-state index contributed by atoms with van der Waals surface area (Å²) in [5.74, 6) is -0.518. The maximum atomic E-state index is 12.2. The van der Waals surface area contributed by atoms with E-state index >= 15 is 0 Å². The van der Waals surface area contributed by atoms with Crippen molar-refractivity contribution in [2.45, 2.75) is 45.1 Å². The molecule has 1 N–H and O–H groups in total. The van der Waals surface area contributed by atoms with Crippen molar-refractivity contribution in [3.63, 3.8) is 0 Å². The van der Waals surface area contributed by atoms with Gasteiger partial charge in [0.25, 0.3) is 0 Å². The monoisotopic (exact) mass is 297 g/mol. The van der Waals surface area contributed by atoms with Crippen LogP contribution in [0, 0.1) is 5.92 Å². The summed E-state index contributed by atoms with van der Waals surface area (Å²) in [5.41, 5.74) is 0.581. The van der Waals surface area contributed by atoms with Crippen LogP contribution in [0.2, 0.25) is 0 Å². The number of unbranched alkanes of at least 4 members (excludes halogenated alkanes) is 1. The molecule has 1 fully saturated rings. The molecule has 0 aliphatic carbocycles. The summed E-state index contributed by atoms with van der Waals surface area (Å²) >= 11 is 1.33. The number of carbonyl (C=O) groups is 2. The van der Waals surface area contributed by atoms with E-state index in [1.165, 1.54) is 11.3 Å². The number of nitrogens with zero attached hydrogens (tertiary/aromatic N) is 2. The van der Waals surface area contributed by atoms with Crippen LogP contribution in [0.25, 0.3) is 0 Å². The van der Waals surface area contributed by atoms with Gasteiger partial charge >= 0.3 is 5.97 Å². The van der Waals surface area contributed by atoms with Gasteiger partial charge in [-0.3, -0.25) is 9.59 Å². The number of esters is 1. The van der Waals surface area contributed by atoms with Crippen LogP contribution in [0.3, 0.4) is 0 Å². The van der Waals surface area contributed by atoms with Crippen LogP contribution < -0.4 is 5.32 Å². The van der Waals surface area contributed by atoms with Gasteiger partial charge in [0.05, 0.1) is 12.5 Å². The third-order valence-corrected chi connectivity index (χ3v) is 4.20. The molecule has 1 aliphatic heterocycles. The largest absolute Gasteiger partial charge is 0.451 e. The van der Waals surface area contributed by atoms with Gasteiger partial charge < -0.3 is 10.1 Å². The van der Waals surface area contributed by atoms with Gasteiger partial charge in [0, 0.05) is 6.42 Å². The summed E-state index contributed by atoms with van der Waals surface area (Å²) < 4.78 is 5.33. The van der Waals surface area contributed by atoms with E-state index in [1.54, 1.807) is 12.4 Å². The van der Waals surface area contributed by atoms with Crippen molar-refractivity contribution in [1.82, 2.24) is 10.2 Å². The summed E-state index contributed by atoms with van der Waals surface area (Å²) in [7, 11) is 0. The maximum Gasteiger partial charge on any atom is 0.310 e. The van der Waals surface area contributed by atoms with Crippen LogP contribution in [-0.2, 0) is 14.3 Å². The van der Waals surface area contributed by atoms with E-state index in [-0.39, 0.29) is 24.2 Å². The molecule has 0 bridgehead atoms. The van der Waals surface area contributed by atoms with Gasteiger partial charge in [0.1, 0.15) is 5.51 Å². The Morgan fingerprint density at radius 3 is 3.10 bits per heavy atom. The van der Waals surface area contributed by atoms with Crippen LogP contribution in [0.5, 0.6) is 0 Å². The quantitative estimate of drug-likeness (QED) is 0.776. The number of carbonyl (C=O) groups excluding carboxylic acids is 2. The second-order valence-electron chi connectivity index (χ2n) is 5.22. The molecular weight excluding hydrogens is 278 g/mol. The number of aromatic nitrogens is 2. The van der Waals surface area contributed by atoms with E-state index in [2.05, 4.69) is 22.4 Å². The molecule has 1 saturated heterocycles. The Morgan fingerprint density at radius 1 is 1.65 bits per heavy atom. The lowest BCUT2D eigenvalue weighted by atomic mass is 9.89. The Morgan fingerprint density at radius 2 is 2.45 bits per heavy atom. The standard InChI is InChI=1S/C13H19N3O3S/c1-3-4-5-9-6-13(2,19-11(9)18)10(17)7-14-12-16-15-8-20-12/h8-9H,3-7H2,1-2H3,(H,14,16)/t9-,13-/m0/s1. The van der Waals surface area contributed by atoms with Crippen LogP contribution in [0.15, 0.2) is 5.51 Å². The number of nitrogens with one attached hydrogen (secondary N) is 1. The SMILES string of the molecule is CCCC[C@H]1C[C@@](C)(C(=O)CNc2nncs2)OC1=O. The predicted octanol–water partition coefficient (Wildman–Crippen LogP) is 2.03. The Hall–Kier alpha value is -1.50. The lowest BCUT2D eigenvalue weighted by Gasteiger charge is -2.20. The molecule has 0 radical (unpaired) electrons. The zero-order valence-electron chi connectivity index (χ0n) is 11.7. The minimum absolute atomic E-state index is 0.0967. The van der Waals surface area contributed by atoms with Gasteiger partial charge in [0.2, 0.25) is 5.13 Å². The first kappa shape index (κ1) is 14.9.